The molecular weight excluding hydrogens is 366 g/mol. The van der Waals surface area contributed by atoms with Crippen LogP contribution in [0.5, 0.6) is 0 Å². The maximum Gasteiger partial charge on any atom is 0.191 e. The van der Waals surface area contributed by atoms with Gasteiger partial charge in [-0.3, -0.25) is 5.43 Å². The van der Waals surface area contributed by atoms with Crippen molar-refractivity contribution in [3.8, 4) is 5.69 Å². The Kier molecular flexibility index (Phi) is 5.12. The monoisotopic (exact) mass is 385 g/mol. The van der Waals surface area contributed by atoms with Gasteiger partial charge in [0.05, 0.1) is 5.52 Å². The van der Waals surface area contributed by atoms with E-state index in [2.05, 4.69) is 58.1 Å². The lowest BCUT2D eigenvalue weighted by molar-refractivity contribution is 0.916. The Hall–Kier alpha value is -3.51. The third-order valence-corrected chi connectivity index (χ3v) is 4.50. The maximum atomic E-state index is 5.32. The Morgan fingerprint density at radius 2 is 1.64 bits per heavy atom. The molecule has 1 aromatic heterocycles. The first-order valence-electron chi connectivity index (χ1n) is 8.90. The Labute approximate surface area is 168 Å². The molecule has 0 spiro atoms. The second-order valence-electron chi connectivity index (χ2n) is 6.33. The van der Waals surface area contributed by atoms with Gasteiger partial charge in [-0.2, -0.15) is 5.10 Å². The van der Waals surface area contributed by atoms with Gasteiger partial charge in [-0.15, -0.1) is 0 Å². The number of para-hydroxylation sites is 2. The molecule has 0 saturated heterocycles. The predicted molar refractivity (Wildman–Crippen MR) is 117 cm³/mol. The molecular formula is C22H19N5S. The molecule has 0 aliphatic carbocycles. The highest BCUT2D eigenvalue weighted by atomic mass is 32.1. The second-order valence-corrected chi connectivity index (χ2v) is 6.74. The van der Waals surface area contributed by atoms with Crippen LogP contribution < -0.4 is 16.2 Å². The smallest absolute Gasteiger partial charge is 0.191 e. The Morgan fingerprint density at radius 3 is 2.43 bits per heavy atom. The first kappa shape index (κ1) is 17.9. The summed E-state index contributed by atoms with van der Waals surface area (Å²) in [5.41, 5.74) is 7.65. The second kappa shape index (κ2) is 8.02. The summed E-state index contributed by atoms with van der Waals surface area (Å²) >= 11 is 5.32. The molecule has 0 saturated carbocycles. The van der Waals surface area contributed by atoms with Gasteiger partial charge in [-0.1, -0.05) is 48.0 Å². The van der Waals surface area contributed by atoms with E-state index in [0.717, 1.165) is 22.3 Å². The lowest BCUT2D eigenvalue weighted by Gasteiger charge is -2.11. The van der Waals surface area contributed by atoms with Crippen LogP contribution in [0, 0.1) is 6.92 Å². The summed E-state index contributed by atoms with van der Waals surface area (Å²) in [6.45, 7) is 2.07. The van der Waals surface area contributed by atoms with E-state index in [1.54, 1.807) is 6.33 Å². The van der Waals surface area contributed by atoms with Crippen molar-refractivity contribution in [1.82, 2.24) is 15.0 Å². The fourth-order valence-electron chi connectivity index (χ4n) is 2.90. The Balaban J connectivity index is 1.67. The molecule has 0 bridgehead atoms. The summed E-state index contributed by atoms with van der Waals surface area (Å²) in [4.78, 5) is 4.53. The van der Waals surface area contributed by atoms with E-state index >= 15 is 0 Å². The first-order chi connectivity index (χ1) is 13.7. The van der Waals surface area contributed by atoms with Crippen molar-refractivity contribution < 1.29 is 0 Å². The zero-order valence-electron chi connectivity index (χ0n) is 15.3. The zero-order chi connectivity index (χ0) is 19.3. The number of anilines is 1. The van der Waals surface area contributed by atoms with Gasteiger partial charge in [0.2, 0.25) is 0 Å². The molecule has 28 heavy (non-hydrogen) atoms. The molecule has 4 aromatic rings. The van der Waals surface area contributed by atoms with E-state index < -0.39 is 0 Å². The minimum Gasteiger partial charge on any atom is -0.331 e. The third kappa shape index (κ3) is 3.92. The number of hydrogen-bond acceptors (Lipinski definition) is 3. The van der Waals surface area contributed by atoms with Crippen LogP contribution in [-0.4, -0.2) is 14.7 Å². The molecule has 138 valence electrons. The molecule has 0 radical (unpaired) electrons. The third-order valence-electron chi connectivity index (χ3n) is 4.31. The van der Waals surface area contributed by atoms with Gasteiger partial charge in [0.15, 0.2) is 10.6 Å². The van der Waals surface area contributed by atoms with Crippen molar-refractivity contribution in [2.24, 2.45) is 5.10 Å². The highest BCUT2D eigenvalue weighted by Crippen LogP contribution is 2.15. The van der Waals surface area contributed by atoms with E-state index in [1.165, 1.54) is 5.56 Å². The van der Waals surface area contributed by atoms with Crippen LogP contribution in [0.3, 0.4) is 0 Å². The molecule has 0 aliphatic heterocycles. The van der Waals surface area contributed by atoms with Gasteiger partial charge in [0.1, 0.15) is 6.33 Å². The molecule has 2 N–H and O–H groups in total. The van der Waals surface area contributed by atoms with Gasteiger partial charge in [0.25, 0.3) is 0 Å². The van der Waals surface area contributed by atoms with Crippen molar-refractivity contribution in [2.75, 3.05) is 5.32 Å². The number of fused-ring (bicyclic) bond motifs is 1. The van der Waals surface area contributed by atoms with Gasteiger partial charge in [-0.05, 0) is 55.5 Å². The zero-order valence-corrected chi connectivity index (χ0v) is 16.1. The van der Waals surface area contributed by atoms with E-state index in [9.17, 15) is 0 Å². The van der Waals surface area contributed by atoms with Crippen molar-refractivity contribution in [3.63, 3.8) is 0 Å². The number of aromatic nitrogens is 2. The summed E-state index contributed by atoms with van der Waals surface area (Å²) < 4.78 is 2.05. The summed E-state index contributed by atoms with van der Waals surface area (Å²) in [6, 6.07) is 26.1. The van der Waals surface area contributed by atoms with Gasteiger partial charge in [-0.25, -0.2) is 4.98 Å². The molecule has 1 heterocycles. The predicted octanol–water partition coefficient (Wildman–Crippen LogP) is 4.14. The normalized spacial score (nSPS) is 11.4. The van der Waals surface area contributed by atoms with Crippen LogP contribution in [0.25, 0.3) is 16.6 Å². The average molecular weight is 385 g/mol. The summed E-state index contributed by atoms with van der Waals surface area (Å²) in [5, 5.41) is 8.84. The molecule has 0 fully saturated rings. The quantitative estimate of drug-likeness (QED) is 0.411. The van der Waals surface area contributed by atoms with Crippen LogP contribution in [0.2, 0.25) is 0 Å². The van der Waals surface area contributed by atoms with Crippen molar-refractivity contribution in [1.29, 1.82) is 0 Å². The molecule has 4 rings (SSSR count). The van der Waals surface area contributed by atoms with E-state index in [4.69, 9.17) is 12.2 Å². The summed E-state index contributed by atoms with van der Waals surface area (Å²) in [7, 11) is 0. The fraction of sp³-hybridized carbons (Fsp3) is 0.0455. The molecule has 0 atom stereocenters. The number of rotatable bonds is 3. The van der Waals surface area contributed by atoms with E-state index in [-0.39, 0.29) is 0 Å². The minimum absolute atomic E-state index is 0.410. The molecule has 0 amide bonds. The number of thiocarbonyl (C=S) groups is 1. The Bertz CT molecular complexity index is 1180. The number of nitrogens with zero attached hydrogens (tertiary/aromatic N) is 3. The van der Waals surface area contributed by atoms with Crippen LogP contribution in [0.1, 0.15) is 5.56 Å². The minimum atomic E-state index is 0.410. The molecule has 5 nitrogen and oxygen atoms in total. The van der Waals surface area contributed by atoms with E-state index in [0.29, 0.717) is 10.6 Å². The molecule has 0 unspecified atom stereocenters. The average Bonchev–Trinajstić information content (AvgIpc) is 2.73. The summed E-state index contributed by atoms with van der Waals surface area (Å²) in [5.74, 6) is 0. The van der Waals surface area contributed by atoms with Crippen LogP contribution in [0.15, 0.2) is 90.3 Å². The van der Waals surface area contributed by atoms with Crippen molar-refractivity contribution >= 4 is 33.9 Å². The maximum absolute atomic E-state index is 5.32. The standard InChI is InChI=1S/C22H19N5S/c1-16-11-13-18(14-12-16)27-15-23-21(19-9-5-6-10-20(19)27)25-26-22(28)24-17-7-3-2-4-8-17/h2-15H,1H3,(H2,24,26,28)/b25-21-. The summed E-state index contributed by atoms with van der Waals surface area (Å²) in [6.07, 6.45) is 1.78. The lowest BCUT2D eigenvalue weighted by atomic mass is 10.2. The molecule has 3 aromatic carbocycles. The van der Waals surface area contributed by atoms with Crippen LogP contribution >= 0.6 is 12.2 Å². The Morgan fingerprint density at radius 1 is 0.929 bits per heavy atom. The van der Waals surface area contributed by atoms with Crippen LogP contribution in [0.4, 0.5) is 5.69 Å². The van der Waals surface area contributed by atoms with Gasteiger partial charge >= 0.3 is 0 Å². The lowest BCUT2D eigenvalue weighted by Crippen LogP contribution is -2.27. The largest absolute Gasteiger partial charge is 0.331 e. The molecule has 6 heteroatoms. The van der Waals surface area contributed by atoms with Gasteiger partial charge in [0, 0.05) is 16.8 Å². The topological polar surface area (TPSA) is 54.2 Å². The number of benzene rings is 3. The van der Waals surface area contributed by atoms with E-state index in [1.807, 2.05) is 53.1 Å². The number of hydrogen-bond donors (Lipinski definition) is 2. The van der Waals surface area contributed by atoms with Gasteiger partial charge < -0.3 is 9.88 Å². The highest BCUT2D eigenvalue weighted by molar-refractivity contribution is 7.80. The molecule has 0 aliphatic rings. The van der Waals surface area contributed by atoms with Crippen LogP contribution in [-0.2, 0) is 0 Å². The highest BCUT2D eigenvalue weighted by Gasteiger charge is 2.04. The number of aryl methyl sites for hydroxylation is 1. The van der Waals surface area contributed by atoms with Crippen molar-refractivity contribution in [2.45, 2.75) is 6.92 Å². The first-order valence-corrected chi connectivity index (χ1v) is 9.31. The number of nitrogens with one attached hydrogen (secondary N) is 2. The van der Waals surface area contributed by atoms with Crippen molar-refractivity contribution in [3.05, 3.63) is 96.2 Å². The fourth-order valence-corrected chi connectivity index (χ4v) is 3.06. The SMILES string of the molecule is Cc1ccc(-n2cn/c(=N\NC(=S)Nc3ccccc3)c3ccccc32)cc1.